The van der Waals surface area contributed by atoms with Crippen molar-refractivity contribution in [3.8, 4) is 39.4 Å². The average molecular weight is 418 g/mol. The van der Waals surface area contributed by atoms with E-state index in [4.69, 9.17) is 4.74 Å². The monoisotopic (exact) mass is 418 g/mol. The maximum absolute atomic E-state index is 5.33. The molecule has 6 rings (SSSR count). The fraction of sp³-hybridized carbons (Fsp3) is 0.0400. The second kappa shape index (κ2) is 7.31. The molecule has 0 saturated heterocycles. The Hall–Kier alpha value is -4.52. The highest BCUT2D eigenvalue weighted by molar-refractivity contribution is 6.01. The van der Waals surface area contributed by atoms with Gasteiger partial charge in [-0.25, -0.2) is 0 Å². The molecule has 2 N–H and O–H groups in total. The van der Waals surface area contributed by atoms with Gasteiger partial charge in [-0.1, -0.05) is 6.07 Å². The molecule has 7 nitrogen and oxygen atoms in total. The molecular weight excluding hydrogens is 400 g/mol. The molecule has 154 valence electrons. The van der Waals surface area contributed by atoms with Crippen molar-refractivity contribution in [3.05, 3.63) is 79.6 Å². The summed E-state index contributed by atoms with van der Waals surface area (Å²) in [7, 11) is 1.64. The number of aromatic nitrogens is 6. The van der Waals surface area contributed by atoms with E-state index >= 15 is 0 Å². The topological polar surface area (TPSA) is 92.4 Å². The predicted molar refractivity (Wildman–Crippen MR) is 124 cm³/mol. The van der Waals surface area contributed by atoms with E-state index in [1.54, 1.807) is 25.7 Å². The van der Waals surface area contributed by atoms with Gasteiger partial charge in [0.15, 0.2) is 0 Å². The molecule has 0 atom stereocenters. The van der Waals surface area contributed by atoms with Crippen molar-refractivity contribution in [1.82, 2.24) is 30.1 Å². The van der Waals surface area contributed by atoms with E-state index < -0.39 is 0 Å². The van der Waals surface area contributed by atoms with Gasteiger partial charge in [-0.3, -0.25) is 20.1 Å². The zero-order valence-electron chi connectivity index (χ0n) is 17.2. The highest BCUT2D eigenvalue weighted by Crippen LogP contribution is 2.34. The first-order valence-corrected chi connectivity index (χ1v) is 10.2. The van der Waals surface area contributed by atoms with Gasteiger partial charge in [0.1, 0.15) is 11.4 Å². The van der Waals surface area contributed by atoms with Crippen molar-refractivity contribution >= 4 is 21.8 Å². The lowest BCUT2D eigenvalue weighted by atomic mass is 10.0. The molecule has 0 fully saturated rings. The number of aromatic amines is 2. The number of nitrogens with zero attached hydrogens (tertiary/aromatic N) is 4. The Bertz CT molecular complexity index is 1570. The van der Waals surface area contributed by atoms with Gasteiger partial charge in [0, 0.05) is 46.7 Å². The third kappa shape index (κ3) is 2.99. The highest BCUT2D eigenvalue weighted by Gasteiger charge is 2.15. The van der Waals surface area contributed by atoms with Crippen molar-refractivity contribution in [2.75, 3.05) is 7.11 Å². The van der Waals surface area contributed by atoms with Crippen LogP contribution in [0.2, 0.25) is 0 Å². The highest BCUT2D eigenvalue weighted by atomic mass is 16.5. The van der Waals surface area contributed by atoms with E-state index in [9.17, 15) is 0 Å². The molecule has 0 aliphatic heterocycles. The van der Waals surface area contributed by atoms with E-state index in [1.165, 1.54) is 0 Å². The maximum atomic E-state index is 5.33. The lowest BCUT2D eigenvalue weighted by molar-refractivity contribution is 0.413. The number of nitrogens with one attached hydrogen (secondary N) is 2. The summed E-state index contributed by atoms with van der Waals surface area (Å²) in [4.78, 5) is 16.3. The van der Waals surface area contributed by atoms with Crippen LogP contribution in [0.15, 0.2) is 79.6 Å². The first-order chi connectivity index (χ1) is 15.8. The van der Waals surface area contributed by atoms with Crippen LogP contribution in [0.4, 0.5) is 0 Å². The first kappa shape index (κ1) is 18.3. The van der Waals surface area contributed by atoms with Crippen molar-refractivity contribution in [3.63, 3.8) is 0 Å². The van der Waals surface area contributed by atoms with Crippen molar-refractivity contribution in [1.29, 1.82) is 0 Å². The molecule has 7 heteroatoms. The number of ether oxygens (including phenoxy) is 1. The van der Waals surface area contributed by atoms with Crippen LogP contribution in [-0.4, -0.2) is 37.2 Å². The molecule has 0 spiro atoms. The minimum Gasteiger partial charge on any atom is -0.495 e. The Labute approximate surface area is 183 Å². The minimum absolute atomic E-state index is 0.724. The second-order valence-electron chi connectivity index (χ2n) is 7.51. The molecule has 1 aromatic carbocycles. The van der Waals surface area contributed by atoms with Crippen LogP contribution in [0.25, 0.3) is 55.4 Å². The second-order valence-corrected chi connectivity index (χ2v) is 7.51. The fourth-order valence-electron chi connectivity index (χ4n) is 4.03. The Morgan fingerprint density at radius 3 is 2.47 bits per heavy atom. The van der Waals surface area contributed by atoms with Crippen molar-refractivity contribution in [2.45, 2.75) is 0 Å². The predicted octanol–water partition coefficient (Wildman–Crippen LogP) is 5.24. The van der Waals surface area contributed by atoms with Gasteiger partial charge < -0.3 is 9.72 Å². The summed E-state index contributed by atoms with van der Waals surface area (Å²) >= 11 is 0. The Morgan fingerprint density at radius 2 is 1.59 bits per heavy atom. The normalized spacial score (nSPS) is 11.3. The van der Waals surface area contributed by atoms with Gasteiger partial charge in [0.2, 0.25) is 0 Å². The maximum Gasteiger partial charge on any atom is 0.137 e. The SMILES string of the molecule is COc1cncc(-c2ccc3[nH]nc(-c4cc5c(-c6ccncc6)cncc5[nH]4)c3c2)c1. The Morgan fingerprint density at radius 1 is 0.719 bits per heavy atom. The molecule has 5 aromatic heterocycles. The van der Waals surface area contributed by atoms with Crippen LogP contribution in [0.5, 0.6) is 5.75 Å². The molecule has 0 saturated carbocycles. The number of methoxy groups -OCH3 is 1. The quantitative estimate of drug-likeness (QED) is 0.408. The summed E-state index contributed by atoms with van der Waals surface area (Å²) in [5.74, 6) is 0.724. The lowest BCUT2D eigenvalue weighted by Gasteiger charge is -2.04. The molecular formula is C25H18N6O. The molecule has 32 heavy (non-hydrogen) atoms. The minimum atomic E-state index is 0.724. The zero-order chi connectivity index (χ0) is 21.5. The summed E-state index contributed by atoms with van der Waals surface area (Å²) in [5, 5.41) is 9.86. The largest absolute Gasteiger partial charge is 0.495 e. The van der Waals surface area contributed by atoms with Crippen LogP contribution in [0, 0.1) is 0 Å². The van der Waals surface area contributed by atoms with Gasteiger partial charge in [-0.2, -0.15) is 5.10 Å². The number of rotatable bonds is 4. The number of hydrogen-bond acceptors (Lipinski definition) is 5. The molecule has 0 amide bonds. The molecule has 0 unspecified atom stereocenters. The number of hydrogen-bond donors (Lipinski definition) is 2. The van der Waals surface area contributed by atoms with Gasteiger partial charge in [0.05, 0.1) is 36.2 Å². The Kier molecular flexibility index (Phi) is 4.18. The third-order valence-electron chi connectivity index (χ3n) is 5.64. The van der Waals surface area contributed by atoms with E-state index in [-0.39, 0.29) is 0 Å². The number of fused-ring (bicyclic) bond motifs is 2. The Balaban J connectivity index is 1.50. The van der Waals surface area contributed by atoms with Gasteiger partial charge in [0.25, 0.3) is 0 Å². The molecule has 0 radical (unpaired) electrons. The van der Waals surface area contributed by atoms with Crippen molar-refractivity contribution < 1.29 is 4.74 Å². The molecule has 0 bridgehead atoms. The van der Waals surface area contributed by atoms with Crippen LogP contribution >= 0.6 is 0 Å². The van der Waals surface area contributed by atoms with E-state index in [0.717, 1.165) is 61.2 Å². The fourth-order valence-corrected chi connectivity index (χ4v) is 4.03. The van der Waals surface area contributed by atoms with Crippen LogP contribution < -0.4 is 4.74 Å². The van der Waals surface area contributed by atoms with Crippen LogP contribution in [-0.2, 0) is 0 Å². The summed E-state index contributed by atoms with van der Waals surface area (Å²) in [6, 6.07) is 14.3. The van der Waals surface area contributed by atoms with Gasteiger partial charge in [-0.15, -0.1) is 0 Å². The molecule has 0 aliphatic carbocycles. The van der Waals surface area contributed by atoms with Gasteiger partial charge >= 0.3 is 0 Å². The van der Waals surface area contributed by atoms with Crippen LogP contribution in [0.3, 0.4) is 0 Å². The number of pyridine rings is 3. The van der Waals surface area contributed by atoms with E-state index in [2.05, 4.69) is 48.3 Å². The molecule has 0 aliphatic rings. The number of H-pyrrole nitrogens is 2. The summed E-state index contributed by atoms with van der Waals surface area (Å²) in [6.45, 7) is 0. The zero-order valence-corrected chi connectivity index (χ0v) is 17.2. The molecule has 6 aromatic rings. The first-order valence-electron chi connectivity index (χ1n) is 10.2. The number of benzene rings is 1. The van der Waals surface area contributed by atoms with E-state index in [1.807, 2.05) is 42.9 Å². The summed E-state index contributed by atoms with van der Waals surface area (Å²) < 4.78 is 5.33. The third-order valence-corrected chi connectivity index (χ3v) is 5.64. The smallest absolute Gasteiger partial charge is 0.137 e. The van der Waals surface area contributed by atoms with Gasteiger partial charge in [-0.05, 0) is 47.5 Å². The summed E-state index contributed by atoms with van der Waals surface area (Å²) in [5.41, 5.74) is 7.86. The van der Waals surface area contributed by atoms with Crippen molar-refractivity contribution in [2.24, 2.45) is 0 Å². The summed E-state index contributed by atoms with van der Waals surface area (Å²) in [6.07, 6.45) is 10.8. The standard InChI is InChI=1S/C25H18N6O/c1-32-18-8-17(11-27-12-18)16-2-3-22-20(9-16)25(31-30-22)23-10-19-21(13-28-14-24(19)29-23)15-4-6-26-7-5-15/h2-14,29H,1H3,(H,30,31). The lowest BCUT2D eigenvalue weighted by Crippen LogP contribution is -1.86. The van der Waals surface area contributed by atoms with Crippen LogP contribution in [0.1, 0.15) is 0 Å². The average Bonchev–Trinajstić information content (AvgIpc) is 3.48. The van der Waals surface area contributed by atoms with E-state index in [0.29, 0.717) is 0 Å². The molecule has 5 heterocycles.